The average molecular weight is 583 g/mol. The standard InChI is InChI=1S/C18H36N4O11.H2O4S/c19-2-6-10(25)12(27)13(28)18(30-6)33-16-5(21)1-4(20)15(14(16)29)32-17-11(26)8(22)9(24)7(3-23)31-17;1-5(2,3)4/h4-18,23-29H,1-3,19-22H2;(H2,1,2,3,4)/t4-,5-,6-,7+,8+,9+,10+,11-,12+,13-,14+,15+,16+,17-,18-;/m0./s1. The second kappa shape index (κ2) is 13.8. The van der Waals surface area contributed by atoms with Gasteiger partial charge in [-0.25, -0.2) is 0 Å². The lowest BCUT2D eigenvalue weighted by molar-refractivity contribution is -0.332. The van der Waals surface area contributed by atoms with Gasteiger partial charge in [-0.3, -0.25) is 9.11 Å². The van der Waals surface area contributed by atoms with Crippen molar-refractivity contribution < 1.29 is 72.2 Å². The van der Waals surface area contributed by atoms with Gasteiger partial charge in [0.2, 0.25) is 0 Å². The number of hydrogen-bond acceptors (Lipinski definition) is 17. The maximum absolute atomic E-state index is 10.9. The molecule has 15 atom stereocenters. The number of aliphatic hydroxyl groups is 7. The summed E-state index contributed by atoms with van der Waals surface area (Å²) in [6.45, 7) is -0.763. The van der Waals surface area contributed by atoms with Crippen molar-refractivity contribution in [3.05, 3.63) is 0 Å². The average Bonchev–Trinajstić information content (AvgIpc) is 2.83. The van der Waals surface area contributed by atoms with Crippen LogP contribution in [0.4, 0.5) is 0 Å². The van der Waals surface area contributed by atoms with Gasteiger partial charge in [0.1, 0.15) is 61.0 Å². The van der Waals surface area contributed by atoms with Crippen molar-refractivity contribution in [3.8, 4) is 0 Å². The highest BCUT2D eigenvalue weighted by molar-refractivity contribution is 7.79. The summed E-state index contributed by atoms with van der Waals surface area (Å²) in [6.07, 6.45) is -16.5. The summed E-state index contributed by atoms with van der Waals surface area (Å²) in [5, 5.41) is 70.9. The molecule has 3 aliphatic rings. The molecule has 3 fully saturated rings. The molecule has 0 aromatic rings. The molecule has 38 heavy (non-hydrogen) atoms. The molecule has 0 spiro atoms. The van der Waals surface area contributed by atoms with E-state index in [2.05, 4.69) is 0 Å². The van der Waals surface area contributed by atoms with Crippen LogP contribution in [0.25, 0.3) is 0 Å². The summed E-state index contributed by atoms with van der Waals surface area (Å²) in [4.78, 5) is 0. The van der Waals surface area contributed by atoms with E-state index < -0.39 is 109 Å². The lowest BCUT2D eigenvalue weighted by atomic mass is 9.84. The summed E-state index contributed by atoms with van der Waals surface area (Å²) in [7, 11) is -4.67. The maximum Gasteiger partial charge on any atom is 0.394 e. The highest BCUT2D eigenvalue weighted by atomic mass is 32.3. The number of rotatable bonds is 6. The molecule has 2 heterocycles. The van der Waals surface area contributed by atoms with Crippen LogP contribution in [0.3, 0.4) is 0 Å². The van der Waals surface area contributed by atoms with Crippen LogP contribution in [0.1, 0.15) is 6.42 Å². The third-order valence-electron chi connectivity index (χ3n) is 6.48. The van der Waals surface area contributed by atoms with E-state index in [0.29, 0.717) is 0 Å². The molecule has 19 nitrogen and oxygen atoms in total. The van der Waals surface area contributed by atoms with E-state index in [4.69, 9.17) is 59.4 Å². The number of nitrogens with two attached hydrogens (primary N) is 4. The molecular weight excluding hydrogens is 544 g/mol. The molecule has 1 aliphatic carbocycles. The summed E-state index contributed by atoms with van der Waals surface area (Å²) in [6, 6.07) is -2.86. The van der Waals surface area contributed by atoms with Crippen LogP contribution in [0.5, 0.6) is 0 Å². The van der Waals surface area contributed by atoms with Crippen LogP contribution in [0.15, 0.2) is 0 Å². The fourth-order valence-electron chi connectivity index (χ4n) is 4.40. The molecule has 0 bridgehead atoms. The minimum absolute atomic E-state index is 0.0849. The molecule has 0 amide bonds. The fraction of sp³-hybridized carbons (Fsp3) is 1.00. The van der Waals surface area contributed by atoms with Gasteiger partial charge in [0.25, 0.3) is 0 Å². The second-order valence-electron chi connectivity index (χ2n) is 9.24. The third-order valence-corrected chi connectivity index (χ3v) is 6.48. The van der Waals surface area contributed by atoms with E-state index in [9.17, 15) is 35.7 Å². The molecule has 2 aliphatic heterocycles. The zero-order valence-corrected chi connectivity index (χ0v) is 20.8. The predicted octanol–water partition coefficient (Wildman–Crippen LogP) is -7.94. The van der Waals surface area contributed by atoms with E-state index in [0.717, 1.165) is 0 Å². The normalized spacial score (nSPS) is 48.2. The monoisotopic (exact) mass is 582 g/mol. The first-order valence-electron chi connectivity index (χ1n) is 11.5. The first kappa shape index (κ1) is 33.5. The molecule has 0 aromatic carbocycles. The molecule has 3 rings (SSSR count). The molecule has 0 radical (unpaired) electrons. The van der Waals surface area contributed by atoms with E-state index in [1.807, 2.05) is 0 Å². The highest BCUT2D eigenvalue weighted by Gasteiger charge is 2.51. The van der Waals surface area contributed by atoms with Gasteiger partial charge in [-0.15, -0.1) is 0 Å². The first-order chi connectivity index (χ1) is 17.5. The Hall–Kier alpha value is -0.730. The largest absolute Gasteiger partial charge is 0.394 e. The van der Waals surface area contributed by atoms with Gasteiger partial charge < -0.3 is 77.6 Å². The molecule has 0 unspecified atom stereocenters. The van der Waals surface area contributed by atoms with Crippen molar-refractivity contribution >= 4 is 10.4 Å². The van der Waals surface area contributed by atoms with Crippen molar-refractivity contribution in [2.24, 2.45) is 22.9 Å². The molecule has 17 N–H and O–H groups in total. The van der Waals surface area contributed by atoms with Crippen molar-refractivity contribution in [2.45, 2.75) is 98.2 Å². The Morgan fingerprint density at radius 3 is 1.61 bits per heavy atom. The Labute approximate surface area is 217 Å². The fourth-order valence-corrected chi connectivity index (χ4v) is 4.40. The highest BCUT2D eigenvalue weighted by Crippen LogP contribution is 2.31. The summed E-state index contributed by atoms with van der Waals surface area (Å²) >= 11 is 0. The van der Waals surface area contributed by atoms with Crippen LogP contribution >= 0.6 is 0 Å². The summed E-state index contributed by atoms with van der Waals surface area (Å²) in [5.74, 6) is 0. The minimum atomic E-state index is -4.67. The Morgan fingerprint density at radius 1 is 0.711 bits per heavy atom. The van der Waals surface area contributed by atoms with Gasteiger partial charge in [-0.2, -0.15) is 8.42 Å². The van der Waals surface area contributed by atoms with Crippen LogP contribution in [0, 0.1) is 0 Å². The third kappa shape index (κ3) is 8.15. The van der Waals surface area contributed by atoms with Gasteiger partial charge in [0.15, 0.2) is 12.6 Å². The quantitative estimate of drug-likeness (QED) is 0.129. The maximum atomic E-state index is 10.9. The second-order valence-corrected chi connectivity index (χ2v) is 10.1. The Bertz CT molecular complexity index is 783. The Morgan fingerprint density at radius 2 is 1.16 bits per heavy atom. The topological polar surface area (TPSA) is 357 Å². The van der Waals surface area contributed by atoms with Crippen LogP contribution in [0.2, 0.25) is 0 Å². The van der Waals surface area contributed by atoms with E-state index >= 15 is 0 Å². The van der Waals surface area contributed by atoms with Gasteiger partial charge in [-0.1, -0.05) is 0 Å². The zero-order valence-electron chi connectivity index (χ0n) is 20.0. The summed E-state index contributed by atoms with van der Waals surface area (Å²) < 4.78 is 53.8. The smallest absolute Gasteiger partial charge is 0.394 e. The van der Waals surface area contributed by atoms with E-state index in [-0.39, 0.29) is 13.0 Å². The molecule has 1 saturated carbocycles. The van der Waals surface area contributed by atoms with Crippen molar-refractivity contribution in [3.63, 3.8) is 0 Å². The van der Waals surface area contributed by atoms with Gasteiger partial charge in [-0.05, 0) is 6.42 Å². The zero-order chi connectivity index (χ0) is 29.1. The number of aliphatic hydroxyl groups excluding tert-OH is 7. The van der Waals surface area contributed by atoms with Gasteiger partial charge in [0.05, 0.1) is 12.6 Å². The minimum Gasteiger partial charge on any atom is -0.394 e. The van der Waals surface area contributed by atoms with Crippen molar-refractivity contribution in [2.75, 3.05) is 13.2 Å². The SMILES string of the molecule is NC[C@@H]1O[C@@H](O[C@H]2[C@H](O)[C@H](O[C@@H]3O[C@H](CO)[C@@H](O)[C@@H](N)[C@@H]3O)[C@@H](N)C[C@@H]2N)[C@@H](O)[C@H](O)[C@@H]1O.O=S(=O)(O)O. The molecule has 0 aromatic heterocycles. The Kier molecular flexibility index (Phi) is 12.1. The van der Waals surface area contributed by atoms with Gasteiger partial charge >= 0.3 is 10.4 Å². The lowest BCUT2D eigenvalue weighted by Crippen LogP contribution is -2.68. The van der Waals surface area contributed by atoms with Crippen LogP contribution in [-0.4, -0.2) is 158 Å². The van der Waals surface area contributed by atoms with E-state index in [1.165, 1.54) is 0 Å². The molecule has 2 saturated heterocycles. The van der Waals surface area contributed by atoms with Crippen LogP contribution < -0.4 is 22.9 Å². The van der Waals surface area contributed by atoms with Crippen molar-refractivity contribution in [1.29, 1.82) is 0 Å². The Balaban J connectivity index is 0.000000926. The lowest BCUT2D eigenvalue weighted by Gasteiger charge is -2.48. The van der Waals surface area contributed by atoms with Crippen LogP contribution in [-0.2, 0) is 29.3 Å². The molecule has 20 heteroatoms. The number of ether oxygens (including phenoxy) is 4. The number of hydrogen-bond donors (Lipinski definition) is 13. The van der Waals surface area contributed by atoms with E-state index in [1.54, 1.807) is 0 Å². The molecule has 226 valence electrons. The van der Waals surface area contributed by atoms with Crippen molar-refractivity contribution in [1.82, 2.24) is 0 Å². The molecular formula is C18H38N4O15S. The predicted molar refractivity (Wildman–Crippen MR) is 122 cm³/mol. The summed E-state index contributed by atoms with van der Waals surface area (Å²) in [5.41, 5.74) is 23.5. The first-order valence-corrected chi connectivity index (χ1v) is 12.9. The van der Waals surface area contributed by atoms with Gasteiger partial charge in [0, 0.05) is 18.6 Å².